The summed E-state index contributed by atoms with van der Waals surface area (Å²) in [6, 6.07) is 4.91. The lowest BCUT2D eigenvalue weighted by Gasteiger charge is -2.09. The first-order chi connectivity index (χ1) is 8.27. The van der Waals surface area contributed by atoms with Crippen molar-refractivity contribution in [3.05, 3.63) is 24.0 Å². The van der Waals surface area contributed by atoms with Crippen molar-refractivity contribution in [1.29, 1.82) is 0 Å². The fourth-order valence-electron chi connectivity index (χ4n) is 1.43. The molecule has 0 bridgehead atoms. The Labute approximate surface area is 102 Å². The second-order valence-corrected chi connectivity index (χ2v) is 3.56. The largest absolute Gasteiger partial charge is 0.491 e. The third-order valence-electron chi connectivity index (χ3n) is 2.23. The molecular weight excluding hydrogens is 221 g/mol. The first kappa shape index (κ1) is 13.8. The summed E-state index contributed by atoms with van der Waals surface area (Å²) >= 11 is 0. The molecule has 0 radical (unpaired) electrons. The molecule has 0 heterocycles. The van der Waals surface area contributed by atoms with E-state index in [0.29, 0.717) is 12.4 Å². The summed E-state index contributed by atoms with van der Waals surface area (Å²) in [4.78, 5) is 0. The van der Waals surface area contributed by atoms with Gasteiger partial charge in [-0.3, -0.25) is 0 Å². The predicted molar refractivity (Wildman–Crippen MR) is 67.2 cm³/mol. The number of halogens is 1. The minimum atomic E-state index is -0.332. The van der Waals surface area contributed by atoms with Crippen molar-refractivity contribution in [1.82, 2.24) is 0 Å². The molecule has 0 aliphatic heterocycles. The highest BCUT2D eigenvalue weighted by Gasteiger charge is 2.03. The minimum absolute atomic E-state index is 0.298. The Balaban J connectivity index is 2.36. The van der Waals surface area contributed by atoms with Crippen LogP contribution in [-0.4, -0.2) is 26.4 Å². The monoisotopic (exact) mass is 241 g/mol. The van der Waals surface area contributed by atoms with Crippen LogP contribution in [0.25, 0.3) is 0 Å². The molecule has 1 rings (SSSR count). The van der Waals surface area contributed by atoms with E-state index in [4.69, 9.17) is 9.47 Å². The average molecular weight is 241 g/mol. The highest BCUT2D eigenvalue weighted by atomic mass is 19.1. The topological polar surface area (TPSA) is 30.5 Å². The molecule has 4 heteroatoms. The number of rotatable bonds is 8. The number of hydrogen-bond acceptors (Lipinski definition) is 3. The Bertz CT molecular complexity index is 331. The fraction of sp³-hybridized carbons (Fsp3) is 0.538. The van der Waals surface area contributed by atoms with E-state index in [1.54, 1.807) is 6.07 Å². The van der Waals surface area contributed by atoms with E-state index in [0.717, 1.165) is 31.9 Å². The Kier molecular flexibility index (Phi) is 6.40. The molecule has 3 nitrogen and oxygen atoms in total. The highest BCUT2D eigenvalue weighted by molar-refractivity contribution is 5.47. The Morgan fingerprint density at radius 2 is 2.06 bits per heavy atom. The highest BCUT2D eigenvalue weighted by Crippen LogP contribution is 2.20. The SMILES string of the molecule is CCOCCCNc1ccc(OCC)c(F)c1. The predicted octanol–water partition coefficient (Wildman–Crippen LogP) is 3.06. The molecule has 0 saturated heterocycles. The second kappa shape index (κ2) is 7.90. The molecule has 1 aromatic rings. The van der Waals surface area contributed by atoms with Gasteiger partial charge in [0.15, 0.2) is 11.6 Å². The average Bonchev–Trinajstić information content (AvgIpc) is 2.32. The molecule has 0 amide bonds. The van der Waals surface area contributed by atoms with Crippen LogP contribution in [0.15, 0.2) is 18.2 Å². The van der Waals surface area contributed by atoms with Crippen LogP contribution in [0.1, 0.15) is 20.3 Å². The van der Waals surface area contributed by atoms with Crippen LogP contribution in [0.3, 0.4) is 0 Å². The summed E-state index contributed by atoms with van der Waals surface area (Å²) in [6.45, 7) is 6.50. The van der Waals surface area contributed by atoms with Crippen LogP contribution >= 0.6 is 0 Å². The molecule has 0 saturated carbocycles. The normalized spacial score (nSPS) is 10.3. The Morgan fingerprint density at radius 3 is 2.71 bits per heavy atom. The van der Waals surface area contributed by atoms with Crippen LogP contribution < -0.4 is 10.1 Å². The zero-order chi connectivity index (χ0) is 12.5. The van der Waals surface area contributed by atoms with Crippen molar-refractivity contribution in [2.75, 3.05) is 31.7 Å². The van der Waals surface area contributed by atoms with E-state index < -0.39 is 0 Å². The lowest BCUT2D eigenvalue weighted by molar-refractivity contribution is 0.147. The Morgan fingerprint density at radius 1 is 1.24 bits per heavy atom. The van der Waals surface area contributed by atoms with Gasteiger partial charge in [-0.15, -0.1) is 0 Å². The van der Waals surface area contributed by atoms with E-state index in [-0.39, 0.29) is 5.82 Å². The van der Waals surface area contributed by atoms with E-state index in [1.807, 2.05) is 19.9 Å². The first-order valence-electron chi connectivity index (χ1n) is 6.01. The lowest BCUT2D eigenvalue weighted by atomic mass is 10.3. The molecule has 96 valence electrons. The van der Waals surface area contributed by atoms with Gasteiger partial charge >= 0.3 is 0 Å². The van der Waals surface area contributed by atoms with E-state index in [2.05, 4.69) is 5.32 Å². The van der Waals surface area contributed by atoms with Crippen molar-refractivity contribution >= 4 is 5.69 Å². The van der Waals surface area contributed by atoms with Gasteiger partial charge in [-0.25, -0.2) is 4.39 Å². The number of nitrogens with one attached hydrogen (secondary N) is 1. The third-order valence-corrected chi connectivity index (χ3v) is 2.23. The van der Waals surface area contributed by atoms with Crippen molar-refractivity contribution in [3.63, 3.8) is 0 Å². The van der Waals surface area contributed by atoms with E-state index in [9.17, 15) is 4.39 Å². The summed E-state index contributed by atoms with van der Waals surface area (Å²) in [6.07, 6.45) is 0.905. The molecule has 0 unspecified atom stereocenters. The number of ether oxygens (including phenoxy) is 2. The quantitative estimate of drug-likeness (QED) is 0.709. The summed E-state index contributed by atoms with van der Waals surface area (Å²) in [7, 11) is 0. The van der Waals surface area contributed by atoms with Gasteiger partial charge < -0.3 is 14.8 Å². The molecule has 0 spiro atoms. The van der Waals surface area contributed by atoms with Crippen LogP contribution in [0.2, 0.25) is 0 Å². The molecule has 1 N–H and O–H groups in total. The van der Waals surface area contributed by atoms with Crippen molar-refractivity contribution in [2.45, 2.75) is 20.3 Å². The standard InChI is InChI=1S/C13H20FNO2/c1-3-16-9-5-8-15-11-6-7-13(17-4-2)12(14)10-11/h6-7,10,15H,3-5,8-9H2,1-2H3. The smallest absolute Gasteiger partial charge is 0.167 e. The summed E-state index contributed by atoms with van der Waals surface area (Å²) in [5.74, 6) is -0.0333. The van der Waals surface area contributed by atoms with Crippen molar-refractivity contribution in [2.24, 2.45) is 0 Å². The van der Waals surface area contributed by atoms with E-state index >= 15 is 0 Å². The number of benzene rings is 1. The van der Waals surface area contributed by atoms with Gasteiger partial charge in [-0.05, 0) is 32.4 Å². The molecule has 17 heavy (non-hydrogen) atoms. The van der Waals surface area contributed by atoms with Gasteiger partial charge in [-0.2, -0.15) is 0 Å². The zero-order valence-electron chi connectivity index (χ0n) is 10.5. The molecule has 0 aliphatic carbocycles. The van der Waals surface area contributed by atoms with E-state index in [1.165, 1.54) is 6.07 Å². The fourth-order valence-corrected chi connectivity index (χ4v) is 1.43. The van der Waals surface area contributed by atoms with Gasteiger partial charge in [0.25, 0.3) is 0 Å². The second-order valence-electron chi connectivity index (χ2n) is 3.56. The summed E-state index contributed by atoms with van der Waals surface area (Å²) in [5.41, 5.74) is 0.766. The maximum absolute atomic E-state index is 13.5. The maximum atomic E-state index is 13.5. The summed E-state index contributed by atoms with van der Waals surface area (Å²) < 4.78 is 23.8. The molecule has 0 fully saturated rings. The van der Waals surface area contributed by atoms with Crippen LogP contribution in [-0.2, 0) is 4.74 Å². The van der Waals surface area contributed by atoms with Crippen molar-refractivity contribution < 1.29 is 13.9 Å². The van der Waals surface area contributed by atoms with Crippen LogP contribution in [0.4, 0.5) is 10.1 Å². The van der Waals surface area contributed by atoms with Crippen molar-refractivity contribution in [3.8, 4) is 5.75 Å². The third kappa shape index (κ3) is 5.04. The van der Waals surface area contributed by atoms with Gasteiger partial charge in [0.05, 0.1) is 6.61 Å². The number of hydrogen-bond donors (Lipinski definition) is 1. The molecular formula is C13H20FNO2. The Hall–Kier alpha value is -1.29. The zero-order valence-corrected chi connectivity index (χ0v) is 10.5. The van der Waals surface area contributed by atoms with Gasteiger partial charge in [-0.1, -0.05) is 0 Å². The van der Waals surface area contributed by atoms with Gasteiger partial charge in [0, 0.05) is 31.5 Å². The number of anilines is 1. The lowest BCUT2D eigenvalue weighted by Crippen LogP contribution is -2.06. The molecule has 0 aliphatic rings. The van der Waals surface area contributed by atoms with Gasteiger partial charge in [0.1, 0.15) is 0 Å². The van der Waals surface area contributed by atoms with Gasteiger partial charge in [0.2, 0.25) is 0 Å². The maximum Gasteiger partial charge on any atom is 0.167 e. The minimum Gasteiger partial charge on any atom is -0.491 e. The first-order valence-corrected chi connectivity index (χ1v) is 6.01. The summed E-state index contributed by atoms with van der Waals surface area (Å²) in [5, 5.41) is 3.14. The molecule has 1 aromatic carbocycles. The molecule has 0 atom stereocenters. The van der Waals surface area contributed by atoms with Crippen LogP contribution in [0, 0.1) is 5.82 Å². The molecule has 0 aromatic heterocycles. The van der Waals surface area contributed by atoms with Crippen LogP contribution in [0.5, 0.6) is 5.75 Å².